The summed E-state index contributed by atoms with van der Waals surface area (Å²) < 4.78 is 1.00. The molecule has 2 aromatic rings. The zero-order chi connectivity index (χ0) is 13.3. The third-order valence-electron chi connectivity index (χ3n) is 2.97. The van der Waals surface area contributed by atoms with Gasteiger partial charge in [0.15, 0.2) is 5.78 Å². The Morgan fingerprint density at radius 3 is 2.28 bits per heavy atom. The van der Waals surface area contributed by atoms with E-state index in [2.05, 4.69) is 29.8 Å². The van der Waals surface area contributed by atoms with E-state index in [9.17, 15) is 4.79 Å². The summed E-state index contributed by atoms with van der Waals surface area (Å²) in [6.07, 6.45) is 0. The molecule has 0 radical (unpaired) electrons. The summed E-state index contributed by atoms with van der Waals surface area (Å²) in [4.78, 5) is 13.4. The lowest BCUT2D eigenvalue weighted by molar-refractivity contribution is 0.103. The molecule has 1 aromatic heterocycles. The molecular formula is C15H15BrOS. The van der Waals surface area contributed by atoms with Gasteiger partial charge in [-0.1, -0.05) is 38.1 Å². The highest BCUT2D eigenvalue weighted by Crippen LogP contribution is 2.28. The second-order valence-corrected chi connectivity index (χ2v) is 7.26. The summed E-state index contributed by atoms with van der Waals surface area (Å²) in [6.45, 7) is 6.28. The third kappa shape index (κ3) is 2.73. The average molecular weight is 323 g/mol. The molecule has 1 aromatic carbocycles. The van der Waals surface area contributed by atoms with Crippen LogP contribution in [-0.4, -0.2) is 5.78 Å². The van der Waals surface area contributed by atoms with Crippen LogP contribution >= 0.6 is 27.3 Å². The van der Waals surface area contributed by atoms with Crippen molar-refractivity contribution in [3.05, 3.63) is 55.7 Å². The van der Waals surface area contributed by atoms with E-state index < -0.39 is 0 Å². The Balaban J connectivity index is 2.32. The number of carbonyl (C=O) groups excluding carboxylic acids is 1. The fourth-order valence-corrected chi connectivity index (χ4v) is 3.53. The van der Waals surface area contributed by atoms with Crippen LogP contribution in [0.1, 0.15) is 46.1 Å². The molecule has 0 saturated heterocycles. The molecule has 0 unspecified atom stereocenters. The zero-order valence-corrected chi connectivity index (χ0v) is 13.1. The molecule has 0 N–H and O–H groups in total. The molecule has 0 aliphatic heterocycles. The van der Waals surface area contributed by atoms with Crippen LogP contribution in [0.3, 0.4) is 0 Å². The minimum atomic E-state index is 0.102. The summed E-state index contributed by atoms with van der Waals surface area (Å²) in [7, 11) is 0. The number of benzene rings is 1. The molecule has 0 saturated carbocycles. The monoisotopic (exact) mass is 322 g/mol. The molecule has 18 heavy (non-hydrogen) atoms. The molecular weight excluding hydrogens is 308 g/mol. The van der Waals surface area contributed by atoms with Gasteiger partial charge in [-0.25, -0.2) is 0 Å². The first-order valence-electron chi connectivity index (χ1n) is 5.89. The van der Waals surface area contributed by atoms with Crippen molar-refractivity contribution in [3.8, 4) is 0 Å². The van der Waals surface area contributed by atoms with E-state index in [1.807, 2.05) is 37.3 Å². The Morgan fingerprint density at radius 1 is 1.22 bits per heavy atom. The molecule has 3 heteroatoms. The Bertz CT molecular complexity index is 567. The van der Waals surface area contributed by atoms with E-state index in [1.165, 1.54) is 5.56 Å². The lowest BCUT2D eigenvalue weighted by Crippen LogP contribution is -2.01. The van der Waals surface area contributed by atoms with E-state index in [1.54, 1.807) is 11.3 Å². The quantitative estimate of drug-likeness (QED) is 0.712. The second kappa shape index (κ2) is 5.37. The summed E-state index contributed by atoms with van der Waals surface area (Å²) in [5, 5.41) is 0. The van der Waals surface area contributed by atoms with Gasteiger partial charge in [0.2, 0.25) is 0 Å². The summed E-state index contributed by atoms with van der Waals surface area (Å²) in [5.74, 6) is 0.593. The normalized spacial score (nSPS) is 10.9. The van der Waals surface area contributed by atoms with Crippen molar-refractivity contribution in [2.75, 3.05) is 0 Å². The van der Waals surface area contributed by atoms with Crippen LogP contribution in [0.2, 0.25) is 0 Å². The van der Waals surface area contributed by atoms with E-state index in [0.717, 1.165) is 19.8 Å². The topological polar surface area (TPSA) is 17.1 Å². The molecule has 0 fully saturated rings. The summed E-state index contributed by atoms with van der Waals surface area (Å²) in [6, 6.07) is 9.81. The maximum Gasteiger partial charge on any atom is 0.194 e. The molecule has 2 rings (SSSR count). The number of aryl methyl sites for hydroxylation is 1. The summed E-state index contributed by atoms with van der Waals surface area (Å²) >= 11 is 5.02. The highest BCUT2D eigenvalue weighted by Gasteiger charge is 2.14. The predicted octanol–water partition coefficient (Wildman–Crippen LogP) is 5.17. The Labute approximate surface area is 120 Å². The van der Waals surface area contributed by atoms with Crippen LogP contribution < -0.4 is 0 Å². The maximum absolute atomic E-state index is 12.3. The van der Waals surface area contributed by atoms with Crippen LogP contribution in [0.4, 0.5) is 0 Å². The number of hydrogen-bond acceptors (Lipinski definition) is 2. The number of rotatable bonds is 3. The van der Waals surface area contributed by atoms with Gasteiger partial charge >= 0.3 is 0 Å². The molecule has 0 aliphatic carbocycles. The first-order valence-corrected chi connectivity index (χ1v) is 7.50. The molecule has 0 bridgehead atoms. The van der Waals surface area contributed by atoms with Crippen molar-refractivity contribution >= 4 is 33.0 Å². The first-order chi connectivity index (χ1) is 8.49. The van der Waals surface area contributed by atoms with E-state index in [-0.39, 0.29) is 5.78 Å². The van der Waals surface area contributed by atoms with Gasteiger partial charge in [0.05, 0.1) is 3.79 Å². The molecule has 1 nitrogen and oxygen atoms in total. The lowest BCUT2D eigenvalue weighted by atomic mass is 9.98. The first kappa shape index (κ1) is 13.5. The minimum absolute atomic E-state index is 0.102. The van der Waals surface area contributed by atoms with Gasteiger partial charge in [0.1, 0.15) is 0 Å². The van der Waals surface area contributed by atoms with Crippen LogP contribution in [0, 0.1) is 6.92 Å². The van der Waals surface area contributed by atoms with E-state index >= 15 is 0 Å². The highest BCUT2D eigenvalue weighted by atomic mass is 79.9. The number of hydrogen-bond donors (Lipinski definition) is 0. The maximum atomic E-state index is 12.3. The van der Waals surface area contributed by atoms with Gasteiger partial charge in [-0.15, -0.1) is 11.3 Å². The largest absolute Gasteiger partial charge is 0.289 e. The van der Waals surface area contributed by atoms with E-state index in [0.29, 0.717) is 5.92 Å². The van der Waals surface area contributed by atoms with Gasteiger partial charge in [0, 0.05) is 16.0 Å². The zero-order valence-electron chi connectivity index (χ0n) is 10.7. The van der Waals surface area contributed by atoms with Crippen molar-refractivity contribution in [1.29, 1.82) is 0 Å². The van der Waals surface area contributed by atoms with Crippen molar-refractivity contribution in [3.63, 3.8) is 0 Å². The van der Waals surface area contributed by atoms with Crippen LogP contribution in [-0.2, 0) is 0 Å². The molecule has 0 amide bonds. The molecule has 94 valence electrons. The van der Waals surface area contributed by atoms with Gasteiger partial charge in [0.25, 0.3) is 0 Å². The van der Waals surface area contributed by atoms with Gasteiger partial charge in [-0.2, -0.15) is 0 Å². The smallest absolute Gasteiger partial charge is 0.194 e. The standard InChI is InChI=1S/C15H15BrOS/c1-9(2)11-4-6-12(7-5-11)15(17)13-8-14(16)18-10(13)3/h4-9H,1-3H3. The van der Waals surface area contributed by atoms with Crippen molar-refractivity contribution in [1.82, 2.24) is 0 Å². The summed E-state index contributed by atoms with van der Waals surface area (Å²) in [5.41, 5.74) is 2.81. The lowest BCUT2D eigenvalue weighted by Gasteiger charge is -2.06. The molecule has 0 aliphatic rings. The number of ketones is 1. The Hall–Kier alpha value is -0.930. The Kier molecular flexibility index (Phi) is 4.03. The molecule has 0 atom stereocenters. The van der Waals surface area contributed by atoms with Crippen LogP contribution in [0.15, 0.2) is 34.1 Å². The SMILES string of the molecule is Cc1sc(Br)cc1C(=O)c1ccc(C(C)C)cc1. The van der Waals surface area contributed by atoms with Crippen LogP contribution in [0.5, 0.6) is 0 Å². The predicted molar refractivity (Wildman–Crippen MR) is 80.7 cm³/mol. The van der Waals surface area contributed by atoms with Gasteiger partial charge in [-0.3, -0.25) is 4.79 Å². The number of halogens is 1. The van der Waals surface area contributed by atoms with E-state index in [4.69, 9.17) is 0 Å². The molecule has 0 spiro atoms. The molecule has 1 heterocycles. The van der Waals surface area contributed by atoms with Crippen LogP contribution in [0.25, 0.3) is 0 Å². The van der Waals surface area contributed by atoms with Crippen molar-refractivity contribution in [2.45, 2.75) is 26.7 Å². The number of carbonyl (C=O) groups is 1. The van der Waals surface area contributed by atoms with Crippen molar-refractivity contribution < 1.29 is 4.79 Å². The fraction of sp³-hybridized carbons (Fsp3) is 0.267. The second-order valence-electron chi connectivity index (χ2n) is 4.63. The number of thiophene rings is 1. The van der Waals surface area contributed by atoms with Gasteiger partial charge in [-0.05, 0) is 40.4 Å². The fourth-order valence-electron chi connectivity index (χ4n) is 1.85. The van der Waals surface area contributed by atoms with Gasteiger partial charge < -0.3 is 0 Å². The average Bonchev–Trinajstić information content (AvgIpc) is 2.67. The van der Waals surface area contributed by atoms with Crippen molar-refractivity contribution in [2.24, 2.45) is 0 Å². The highest BCUT2D eigenvalue weighted by molar-refractivity contribution is 9.11. The Morgan fingerprint density at radius 2 is 1.83 bits per heavy atom. The third-order valence-corrected chi connectivity index (χ3v) is 4.53. The minimum Gasteiger partial charge on any atom is -0.289 e.